The van der Waals surface area contributed by atoms with Crippen LogP contribution in [0.3, 0.4) is 0 Å². The van der Waals surface area contributed by atoms with Crippen molar-refractivity contribution in [3.8, 4) is 0 Å². The van der Waals surface area contributed by atoms with Crippen LogP contribution in [-0.4, -0.2) is 19.0 Å². The summed E-state index contributed by atoms with van der Waals surface area (Å²) in [5.41, 5.74) is 1.38. The second-order valence-corrected chi connectivity index (χ2v) is 5.60. The first-order chi connectivity index (χ1) is 12.0. The van der Waals surface area contributed by atoms with E-state index in [4.69, 9.17) is 4.74 Å². The number of carbonyl (C=O) groups is 2. The molecule has 0 spiro atoms. The van der Waals surface area contributed by atoms with Crippen LogP contribution in [0.25, 0.3) is 6.08 Å². The zero-order valence-electron chi connectivity index (χ0n) is 14.1. The summed E-state index contributed by atoms with van der Waals surface area (Å²) in [6.45, 7) is 1.69. The van der Waals surface area contributed by atoms with Gasteiger partial charge in [-0.15, -0.1) is 0 Å². The molecule has 130 valence electrons. The van der Waals surface area contributed by atoms with E-state index in [9.17, 15) is 14.0 Å². The van der Waals surface area contributed by atoms with E-state index in [-0.39, 0.29) is 11.7 Å². The van der Waals surface area contributed by atoms with E-state index in [0.29, 0.717) is 5.56 Å². The van der Waals surface area contributed by atoms with E-state index in [1.165, 1.54) is 31.4 Å². The summed E-state index contributed by atoms with van der Waals surface area (Å²) >= 11 is 0. The van der Waals surface area contributed by atoms with E-state index < -0.39 is 17.9 Å². The molecule has 2 unspecified atom stereocenters. The third kappa shape index (κ3) is 5.28. The Balaban J connectivity index is 2.15. The zero-order valence-corrected chi connectivity index (χ0v) is 14.1. The van der Waals surface area contributed by atoms with Crippen LogP contribution in [0.2, 0.25) is 0 Å². The van der Waals surface area contributed by atoms with Crippen molar-refractivity contribution in [3.05, 3.63) is 77.6 Å². The molecule has 4 nitrogen and oxygen atoms in total. The first kappa shape index (κ1) is 18.4. The van der Waals surface area contributed by atoms with Crippen LogP contribution in [0.4, 0.5) is 4.39 Å². The summed E-state index contributed by atoms with van der Waals surface area (Å²) in [5, 5.41) is 2.81. The summed E-state index contributed by atoms with van der Waals surface area (Å²) in [6.07, 6.45) is 2.83. The molecular weight excluding hydrogens is 321 g/mol. The molecule has 0 fully saturated rings. The second-order valence-electron chi connectivity index (χ2n) is 5.60. The number of hydrogen-bond acceptors (Lipinski definition) is 3. The maximum atomic E-state index is 13.2. The number of ether oxygens (including phenoxy) is 1. The molecule has 0 saturated heterocycles. The van der Waals surface area contributed by atoms with Gasteiger partial charge in [-0.05, 0) is 36.3 Å². The Kier molecular flexibility index (Phi) is 6.46. The molecule has 1 N–H and O–H groups in total. The summed E-state index contributed by atoms with van der Waals surface area (Å²) in [7, 11) is 1.31. The number of carbonyl (C=O) groups excluding carboxylic acids is 2. The van der Waals surface area contributed by atoms with Gasteiger partial charge in [0.1, 0.15) is 5.82 Å². The third-order valence-corrected chi connectivity index (χ3v) is 3.81. The molecule has 0 aromatic heterocycles. The molecule has 2 aromatic rings. The van der Waals surface area contributed by atoms with Crippen LogP contribution in [-0.2, 0) is 14.3 Å². The Bertz CT molecular complexity index is 759. The Hall–Kier alpha value is -2.95. The van der Waals surface area contributed by atoms with Crippen molar-refractivity contribution in [1.82, 2.24) is 5.32 Å². The van der Waals surface area contributed by atoms with Crippen LogP contribution in [0, 0.1) is 11.7 Å². The predicted octanol–water partition coefficient (Wildman–Crippen LogP) is 3.51. The topological polar surface area (TPSA) is 55.4 Å². The maximum Gasteiger partial charge on any atom is 0.310 e. The molecule has 2 atom stereocenters. The molecule has 5 heteroatoms. The quantitative estimate of drug-likeness (QED) is 0.646. The van der Waals surface area contributed by atoms with Gasteiger partial charge in [-0.25, -0.2) is 4.39 Å². The smallest absolute Gasteiger partial charge is 0.310 e. The van der Waals surface area contributed by atoms with Crippen molar-refractivity contribution < 1.29 is 18.7 Å². The molecule has 25 heavy (non-hydrogen) atoms. The first-order valence-corrected chi connectivity index (χ1v) is 7.88. The standard InChI is InChI=1S/C20H20FNO3/c1-14(20(24)25-2)19(16-8-4-3-5-9-16)22-18(23)12-11-15-7-6-10-17(21)13-15/h3-14,19H,1-2H3,(H,22,23). The minimum absolute atomic E-state index is 0.371. The molecule has 0 aliphatic rings. The van der Waals surface area contributed by atoms with Crippen LogP contribution >= 0.6 is 0 Å². The van der Waals surface area contributed by atoms with Gasteiger partial charge in [0.2, 0.25) is 5.91 Å². The fraction of sp³-hybridized carbons (Fsp3) is 0.200. The lowest BCUT2D eigenvalue weighted by molar-refractivity contribution is -0.146. The fourth-order valence-electron chi connectivity index (χ4n) is 2.46. The van der Waals surface area contributed by atoms with Crippen molar-refractivity contribution in [2.45, 2.75) is 13.0 Å². The van der Waals surface area contributed by atoms with Gasteiger partial charge >= 0.3 is 5.97 Å². The number of hydrogen-bond donors (Lipinski definition) is 1. The van der Waals surface area contributed by atoms with Gasteiger partial charge in [0.05, 0.1) is 19.1 Å². The van der Waals surface area contributed by atoms with E-state index >= 15 is 0 Å². The lowest BCUT2D eigenvalue weighted by Gasteiger charge is -2.23. The lowest BCUT2D eigenvalue weighted by atomic mass is 9.94. The highest BCUT2D eigenvalue weighted by molar-refractivity contribution is 5.92. The minimum Gasteiger partial charge on any atom is -0.469 e. The molecule has 0 aliphatic heterocycles. The Labute approximate surface area is 146 Å². The van der Waals surface area contributed by atoms with Gasteiger partial charge in [-0.1, -0.05) is 42.5 Å². The Morgan fingerprint density at radius 3 is 2.48 bits per heavy atom. The monoisotopic (exact) mass is 341 g/mol. The Morgan fingerprint density at radius 2 is 1.84 bits per heavy atom. The van der Waals surface area contributed by atoms with Crippen LogP contribution in [0.1, 0.15) is 24.1 Å². The van der Waals surface area contributed by atoms with Crippen molar-refractivity contribution in [3.63, 3.8) is 0 Å². The molecular formula is C20H20FNO3. The van der Waals surface area contributed by atoms with Crippen LogP contribution in [0.15, 0.2) is 60.7 Å². The second kappa shape index (κ2) is 8.78. The summed E-state index contributed by atoms with van der Waals surface area (Å²) in [6, 6.07) is 14.6. The van der Waals surface area contributed by atoms with Crippen molar-refractivity contribution in [2.75, 3.05) is 7.11 Å². The molecule has 0 bridgehead atoms. The van der Waals surface area contributed by atoms with Crippen molar-refractivity contribution in [2.24, 2.45) is 5.92 Å². The van der Waals surface area contributed by atoms with Gasteiger partial charge in [0.25, 0.3) is 0 Å². The van der Waals surface area contributed by atoms with Crippen molar-refractivity contribution in [1.29, 1.82) is 0 Å². The lowest BCUT2D eigenvalue weighted by Crippen LogP contribution is -2.35. The van der Waals surface area contributed by atoms with E-state index in [1.807, 2.05) is 30.3 Å². The summed E-state index contributed by atoms with van der Waals surface area (Å²) in [4.78, 5) is 24.1. The molecule has 0 heterocycles. The van der Waals surface area contributed by atoms with Crippen molar-refractivity contribution >= 4 is 18.0 Å². The SMILES string of the molecule is COC(=O)C(C)C(NC(=O)C=Cc1cccc(F)c1)c1ccccc1. The first-order valence-electron chi connectivity index (χ1n) is 7.88. The van der Waals surface area contributed by atoms with Gasteiger partial charge < -0.3 is 10.1 Å². The molecule has 1 amide bonds. The van der Waals surface area contributed by atoms with Crippen LogP contribution < -0.4 is 5.32 Å². The maximum absolute atomic E-state index is 13.2. The fourth-order valence-corrected chi connectivity index (χ4v) is 2.46. The van der Waals surface area contributed by atoms with Gasteiger partial charge in [-0.3, -0.25) is 9.59 Å². The predicted molar refractivity (Wildman–Crippen MR) is 93.9 cm³/mol. The molecule has 2 rings (SSSR count). The Morgan fingerprint density at radius 1 is 1.12 bits per heavy atom. The number of nitrogens with one attached hydrogen (secondary N) is 1. The van der Waals surface area contributed by atoms with Crippen LogP contribution in [0.5, 0.6) is 0 Å². The highest BCUT2D eigenvalue weighted by atomic mass is 19.1. The number of amides is 1. The summed E-state index contributed by atoms with van der Waals surface area (Å²) in [5.74, 6) is -1.72. The average molecular weight is 341 g/mol. The zero-order chi connectivity index (χ0) is 18.2. The molecule has 0 radical (unpaired) electrons. The minimum atomic E-state index is -0.557. The number of esters is 1. The molecule has 2 aromatic carbocycles. The highest BCUT2D eigenvalue weighted by Crippen LogP contribution is 2.23. The molecule has 0 saturated carbocycles. The van der Waals surface area contributed by atoms with Gasteiger partial charge in [0.15, 0.2) is 0 Å². The number of rotatable bonds is 6. The van der Waals surface area contributed by atoms with E-state index in [2.05, 4.69) is 5.32 Å². The molecule has 0 aliphatic carbocycles. The van der Waals surface area contributed by atoms with E-state index in [1.54, 1.807) is 19.1 Å². The average Bonchev–Trinajstić information content (AvgIpc) is 2.64. The highest BCUT2D eigenvalue weighted by Gasteiger charge is 2.27. The summed E-state index contributed by atoms with van der Waals surface area (Å²) < 4.78 is 18.0. The number of halogens is 1. The number of benzene rings is 2. The number of methoxy groups -OCH3 is 1. The third-order valence-electron chi connectivity index (χ3n) is 3.81. The largest absolute Gasteiger partial charge is 0.469 e. The van der Waals surface area contributed by atoms with E-state index in [0.717, 1.165) is 5.56 Å². The normalized spacial score (nSPS) is 13.2. The van der Waals surface area contributed by atoms with Gasteiger partial charge in [0, 0.05) is 6.08 Å². The van der Waals surface area contributed by atoms with Gasteiger partial charge in [-0.2, -0.15) is 0 Å².